The maximum Gasteiger partial charge on any atom is 0.193 e. The van der Waals surface area contributed by atoms with Crippen LogP contribution in [0.3, 0.4) is 0 Å². The summed E-state index contributed by atoms with van der Waals surface area (Å²) in [5.74, 6) is 3.73. The molecule has 0 N–H and O–H groups in total. The standard InChI is InChI=1S/C61H42N4O3/c66-61(39-25-29-41(30-26-39)62-49-15-3-1-13-45(49)47-37-43(33-35-51(47)62)64-53-17-5-9-21-57(53)67-58-22-10-6-18-54(58)64)40-27-31-42(32-28-40)63-50-16-4-2-14-46(50)48-38-44(34-36-52(48)63)65-55-19-7-11-23-59(55)68-60-24-12-8-20-56(60)65/h1-9,11,13-21,23,25-38H,10,12,22,24H2. The van der Waals surface area contributed by atoms with Crippen LogP contribution in [-0.4, -0.2) is 14.9 Å². The van der Waals surface area contributed by atoms with Gasteiger partial charge in [-0.05, 0) is 146 Å². The number of hydrogen-bond donors (Lipinski definition) is 0. The first-order valence-corrected chi connectivity index (χ1v) is 23.4. The zero-order valence-electron chi connectivity index (χ0n) is 37.0. The Bertz CT molecular complexity index is 3630. The van der Waals surface area contributed by atoms with Crippen molar-refractivity contribution in [1.82, 2.24) is 9.13 Å². The molecule has 68 heavy (non-hydrogen) atoms. The van der Waals surface area contributed by atoms with Crippen LogP contribution in [-0.2, 0) is 0 Å². The van der Waals surface area contributed by atoms with Crippen molar-refractivity contribution >= 4 is 72.1 Å². The lowest BCUT2D eigenvalue weighted by Crippen LogP contribution is -2.24. The molecule has 0 bridgehead atoms. The molecule has 0 spiro atoms. The molecule has 4 aliphatic rings. The molecule has 8 aromatic carbocycles. The summed E-state index contributed by atoms with van der Waals surface area (Å²) in [5, 5.41) is 4.64. The molecule has 2 aliphatic carbocycles. The van der Waals surface area contributed by atoms with Gasteiger partial charge in [-0.1, -0.05) is 72.8 Å². The zero-order chi connectivity index (χ0) is 44.9. The van der Waals surface area contributed by atoms with Gasteiger partial charge in [0.15, 0.2) is 17.3 Å². The maximum atomic E-state index is 14.2. The van der Waals surface area contributed by atoms with Crippen LogP contribution in [0.5, 0.6) is 11.5 Å². The van der Waals surface area contributed by atoms with Crippen molar-refractivity contribution in [1.29, 1.82) is 0 Å². The Morgan fingerprint density at radius 3 is 1.26 bits per heavy atom. The topological polar surface area (TPSA) is 51.9 Å². The zero-order valence-corrected chi connectivity index (χ0v) is 37.0. The minimum Gasteiger partial charge on any atom is -0.457 e. The van der Waals surface area contributed by atoms with Crippen LogP contribution in [0.15, 0.2) is 229 Å². The molecule has 324 valence electrons. The predicted octanol–water partition coefficient (Wildman–Crippen LogP) is 15.3. The van der Waals surface area contributed by atoms with Crippen LogP contribution < -0.4 is 19.3 Å². The van der Waals surface area contributed by atoms with Crippen LogP contribution in [0.1, 0.15) is 41.6 Å². The molecule has 0 unspecified atom stereocenters. The summed E-state index contributed by atoms with van der Waals surface area (Å²) < 4.78 is 17.4. The fraction of sp³-hybridized carbons (Fsp3) is 0.0656. The van der Waals surface area contributed by atoms with E-state index in [0.29, 0.717) is 11.1 Å². The van der Waals surface area contributed by atoms with Gasteiger partial charge in [-0.15, -0.1) is 0 Å². The lowest BCUT2D eigenvalue weighted by Gasteiger charge is -2.35. The van der Waals surface area contributed by atoms with E-state index in [1.54, 1.807) is 0 Å². The third-order valence-corrected chi connectivity index (χ3v) is 14.0. The van der Waals surface area contributed by atoms with Crippen molar-refractivity contribution in [2.75, 3.05) is 9.80 Å². The fourth-order valence-corrected chi connectivity index (χ4v) is 10.9. The average molecular weight is 879 g/mol. The number of nitrogens with zero attached hydrogens (tertiary/aromatic N) is 4. The first kappa shape index (κ1) is 38.5. The number of ketones is 1. The van der Waals surface area contributed by atoms with E-state index in [1.165, 1.54) is 10.8 Å². The first-order chi connectivity index (χ1) is 33.6. The summed E-state index contributed by atoms with van der Waals surface area (Å²) in [5.41, 5.74) is 14.1. The molecule has 0 saturated heterocycles. The third-order valence-electron chi connectivity index (χ3n) is 14.0. The number of para-hydroxylation sites is 6. The van der Waals surface area contributed by atoms with Crippen molar-refractivity contribution in [2.24, 2.45) is 0 Å². The molecule has 0 saturated carbocycles. The van der Waals surface area contributed by atoms with E-state index in [2.05, 4.69) is 177 Å². The van der Waals surface area contributed by atoms with Crippen molar-refractivity contribution < 1.29 is 14.3 Å². The summed E-state index contributed by atoms with van der Waals surface area (Å²) in [6.07, 6.45) is 12.5. The van der Waals surface area contributed by atoms with Gasteiger partial charge >= 0.3 is 0 Å². The predicted molar refractivity (Wildman–Crippen MR) is 274 cm³/mol. The molecule has 2 aliphatic heterocycles. The summed E-state index contributed by atoms with van der Waals surface area (Å²) in [6.45, 7) is 0. The molecule has 4 heterocycles. The number of allylic oxidation sites excluding steroid dienone is 6. The molecule has 7 heteroatoms. The van der Waals surface area contributed by atoms with E-state index in [-0.39, 0.29) is 5.78 Å². The summed E-state index contributed by atoms with van der Waals surface area (Å²) in [6, 6.07) is 63.2. The Kier molecular flexibility index (Phi) is 8.55. The second kappa shape index (κ2) is 15.1. The highest BCUT2D eigenvalue weighted by atomic mass is 16.5. The Morgan fingerprint density at radius 2 is 0.794 bits per heavy atom. The average Bonchev–Trinajstić information content (AvgIpc) is 3.91. The minimum absolute atomic E-state index is 0.0192. The van der Waals surface area contributed by atoms with Gasteiger partial charge in [-0.3, -0.25) is 4.79 Å². The summed E-state index contributed by atoms with van der Waals surface area (Å²) in [7, 11) is 0. The van der Waals surface area contributed by atoms with Gasteiger partial charge in [0.05, 0.1) is 44.8 Å². The second-order valence-corrected chi connectivity index (χ2v) is 17.8. The van der Waals surface area contributed by atoms with E-state index in [0.717, 1.165) is 127 Å². The van der Waals surface area contributed by atoms with Gasteiger partial charge in [-0.25, -0.2) is 0 Å². The van der Waals surface area contributed by atoms with Crippen LogP contribution in [0, 0.1) is 0 Å². The number of carbonyl (C=O) groups is 1. The molecule has 0 fully saturated rings. The van der Waals surface area contributed by atoms with Crippen LogP contribution >= 0.6 is 0 Å². The smallest absolute Gasteiger partial charge is 0.193 e. The highest BCUT2D eigenvalue weighted by Gasteiger charge is 2.30. The van der Waals surface area contributed by atoms with Crippen LogP contribution in [0.2, 0.25) is 0 Å². The number of carbonyl (C=O) groups excluding carboxylic acids is 1. The highest BCUT2D eigenvalue weighted by Crippen LogP contribution is 2.48. The summed E-state index contributed by atoms with van der Waals surface area (Å²) in [4.78, 5) is 18.8. The van der Waals surface area contributed by atoms with Crippen molar-refractivity contribution in [3.8, 4) is 22.9 Å². The van der Waals surface area contributed by atoms with E-state index in [4.69, 9.17) is 9.47 Å². The number of ether oxygens (including phenoxy) is 2. The Labute approximate surface area is 392 Å². The molecule has 14 rings (SSSR count). The quantitative estimate of drug-likeness (QED) is 0.156. The normalized spacial score (nSPS) is 15.1. The molecule has 2 aromatic heterocycles. The number of aromatic nitrogens is 2. The van der Waals surface area contributed by atoms with Crippen molar-refractivity contribution in [3.63, 3.8) is 0 Å². The van der Waals surface area contributed by atoms with Crippen LogP contribution in [0.25, 0.3) is 55.0 Å². The van der Waals surface area contributed by atoms with Crippen LogP contribution in [0.4, 0.5) is 22.7 Å². The number of anilines is 4. The van der Waals surface area contributed by atoms with Gasteiger partial charge in [0.1, 0.15) is 11.5 Å². The first-order valence-electron chi connectivity index (χ1n) is 23.4. The largest absolute Gasteiger partial charge is 0.457 e. The molecule has 0 amide bonds. The SMILES string of the molecule is O=C(c1ccc(-n2c3ccccc3c3cc(N4C5=C(CCC=C5)Oc5ccccc54)ccc32)cc1)c1ccc(-n2c3ccccc3c3cc(N4C5=C(CCC=C5)Oc5ccccc54)ccc32)cc1. The van der Waals surface area contributed by atoms with Gasteiger partial charge in [0.2, 0.25) is 0 Å². The Balaban J connectivity index is 0.784. The number of hydrogen-bond acceptors (Lipinski definition) is 5. The van der Waals surface area contributed by atoms with Crippen molar-refractivity contribution in [2.45, 2.75) is 25.7 Å². The number of rotatable bonds is 6. The number of fused-ring (bicyclic) bond motifs is 8. The van der Waals surface area contributed by atoms with E-state index in [9.17, 15) is 4.79 Å². The fourth-order valence-electron chi connectivity index (χ4n) is 10.9. The molecular formula is C61H42N4O3. The lowest BCUT2D eigenvalue weighted by molar-refractivity contribution is 0.103. The van der Waals surface area contributed by atoms with Gasteiger partial charge < -0.3 is 28.4 Å². The molecule has 7 nitrogen and oxygen atoms in total. The Hall–Kier alpha value is -8.81. The van der Waals surface area contributed by atoms with Gasteiger partial charge in [0.25, 0.3) is 0 Å². The van der Waals surface area contributed by atoms with Crippen molar-refractivity contribution in [3.05, 3.63) is 240 Å². The minimum atomic E-state index is -0.0192. The molecule has 0 atom stereocenters. The van der Waals surface area contributed by atoms with E-state index < -0.39 is 0 Å². The van der Waals surface area contributed by atoms with E-state index in [1.807, 2.05) is 48.5 Å². The van der Waals surface area contributed by atoms with E-state index >= 15 is 0 Å². The molecular weight excluding hydrogens is 837 g/mol. The monoisotopic (exact) mass is 878 g/mol. The lowest BCUT2D eigenvalue weighted by atomic mass is 10.0. The second-order valence-electron chi connectivity index (χ2n) is 17.8. The Morgan fingerprint density at radius 1 is 0.397 bits per heavy atom. The number of benzene rings is 8. The van der Waals surface area contributed by atoms with Gasteiger partial charge in [-0.2, -0.15) is 0 Å². The molecule has 10 aromatic rings. The molecule has 0 radical (unpaired) electrons. The highest BCUT2D eigenvalue weighted by molar-refractivity contribution is 6.13. The third kappa shape index (κ3) is 5.88. The summed E-state index contributed by atoms with van der Waals surface area (Å²) >= 11 is 0. The van der Waals surface area contributed by atoms with Gasteiger partial charge in [0, 0.05) is 68.3 Å². The maximum absolute atomic E-state index is 14.2.